The first-order valence-corrected chi connectivity index (χ1v) is 29.4. The SMILES string of the molecule is CCCCCC/C=C/CC/C=C/CCCC(O)C(O)C(COC1OC(CO)C(O)C(O)C1O)NC(=O)C(O)CCCCCCCCCCCCCCCC/C=C\CCCCCCCCCCCCCC. The van der Waals surface area contributed by atoms with Crippen molar-refractivity contribution in [3.63, 3.8) is 0 Å². The molecule has 11 nitrogen and oxygen atoms in total. The van der Waals surface area contributed by atoms with Gasteiger partial charge in [-0.3, -0.25) is 4.79 Å². The van der Waals surface area contributed by atoms with Crippen LogP contribution >= 0.6 is 0 Å². The van der Waals surface area contributed by atoms with Gasteiger partial charge in [0.2, 0.25) is 5.91 Å². The van der Waals surface area contributed by atoms with Crippen LogP contribution in [0.4, 0.5) is 0 Å². The van der Waals surface area contributed by atoms with Gasteiger partial charge in [-0.15, -0.1) is 0 Å². The van der Waals surface area contributed by atoms with Crippen molar-refractivity contribution < 1.29 is 50.0 Å². The van der Waals surface area contributed by atoms with Gasteiger partial charge in [-0.25, -0.2) is 0 Å². The number of amides is 1. The number of hydrogen-bond acceptors (Lipinski definition) is 10. The number of ether oxygens (including phenoxy) is 2. The summed E-state index contributed by atoms with van der Waals surface area (Å²) in [5.74, 6) is -0.709. The first-order chi connectivity index (χ1) is 34.2. The molecule has 0 aromatic heterocycles. The molecule has 9 unspecified atom stereocenters. The topological polar surface area (TPSA) is 189 Å². The van der Waals surface area contributed by atoms with Crippen molar-refractivity contribution in [2.75, 3.05) is 13.2 Å². The van der Waals surface area contributed by atoms with Crippen molar-refractivity contribution in [2.24, 2.45) is 0 Å². The number of carbonyl (C=O) groups is 1. The highest BCUT2D eigenvalue weighted by Gasteiger charge is 2.44. The molecule has 8 N–H and O–H groups in total. The Balaban J connectivity index is 2.23. The molecule has 1 rings (SSSR count). The number of aliphatic hydroxyl groups is 7. The fourth-order valence-corrected chi connectivity index (χ4v) is 9.34. The Morgan fingerprint density at radius 1 is 0.486 bits per heavy atom. The quantitative estimate of drug-likeness (QED) is 0.0215. The monoisotopic (exact) mass is 994 g/mol. The van der Waals surface area contributed by atoms with Crippen LogP contribution in [-0.4, -0.2) is 110 Å². The normalized spacial score (nSPS) is 20.5. The van der Waals surface area contributed by atoms with Gasteiger partial charge in [0.1, 0.15) is 36.6 Å². The molecular weight excluding hydrogens is 883 g/mol. The Kier molecular flexibility index (Phi) is 45.8. The Morgan fingerprint density at radius 3 is 1.29 bits per heavy atom. The molecule has 0 aromatic carbocycles. The van der Waals surface area contributed by atoms with Crippen LogP contribution in [0.3, 0.4) is 0 Å². The summed E-state index contributed by atoms with van der Waals surface area (Å²) in [7, 11) is 0. The number of carbonyl (C=O) groups excluding carboxylic acids is 1. The summed E-state index contributed by atoms with van der Waals surface area (Å²) in [5.41, 5.74) is 0. The zero-order chi connectivity index (χ0) is 51.1. The van der Waals surface area contributed by atoms with E-state index in [2.05, 4.69) is 55.6 Å². The molecule has 0 spiro atoms. The Hall–Kier alpha value is -1.67. The summed E-state index contributed by atoms with van der Waals surface area (Å²) in [5, 5.41) is 75.9. The second-order valence-corrected chi connectivity index (χ2v) is 20.7. The second kappa shape index (κ2) is 48.3. The van der Waals surface area contributed by atoms with Crippen molar-refractivity contribution in [3.05, 3.63) is 36.5 Å². The van der Waals surface area contributed by atoms with Crippen molar-refractivity contribution >= 4 is 5.91 Å². The van der Waals surface area contributed by atoms with Gasteiger partial charge in [0.05, 0.1) is 25.4 Å². The molecule has 1 heterocycles. The van der Waals surface area contributed by atoms with Gasteiger partial charge in [-0.05, 0) is 77.0 Å². The smallest absolute Gasteiger partial charge is 0.249 e. The number of hydrogen-bond donors (Lipinski definition) is 8. The molecule has 1 amide bonds. The zero-order valence-electron chi connectivity index (χ0n) is 45.0. The van der Waals surface area contributed by atoms with E-state index in [9.17, 15) is 40.5 Å². The van der Waals surface area contributed by atoms with E-state index in [4.69, 9.17) is 9.47 Å². The first kappa shape index (κ1) is 66.3. The highest BCUT2D eigenvalue weighted by atomic mass is 16.7. The van der Waals surface area contributed by atoms with Gasteiger partial charge in [-0.1, -0.05) is 224 Å². The molecule has 11 heteroatoms. The minimum Gasteiger partial charge on any atom is -0.394 e. The highest BCUT2D eigenvalue weighted by Crippen LogP contribution is 2.23. The molecule has 1 aliphatic rings. The van der Waals surface area contributed by atoms with Crippen LogP contribution in [0, 0.1) is 0 Å². The average Bonchev–Trinajstić information content (AvgIpc) is 3.36. The molecule has 0 bridgehead atoms. The first-order valence-electron chi connectivity index (χ1n) is 29.4. The molecule has 0 saturated carbocycles. The molecule has 0 radical (unpaired) electrons. The summed E-state index contributed by atoms with van der Waals surface area (Å²) in [4.78, 5) is 13.2. The van der Waals surface area contributed by atoms with Gasteiger partial charge < -0.3 is 50.5 Å². The Labute approximate surface area is 428 Å². The van der Waals surface area contributed by atoms with E-state index in [1.165, 1.54) is 180 Å². The lowest BCUT2D eigenvalue weighted by atomic mass is 9.98. The van der Waals surface area contributed by atoms with Crippen LogP contribution in [0.2, 0.25) is 0 Å². The lowest BCUT2D eigenvalue weighted by Crippen LogP contribution is -2.60. The maximum Gasteiger partial charge on any atom is 0.249 e. The van der Waals surface area contributed by atoms with Crippen LogP contribution in [0.5, 0.6) is 0 Å². The molecule has 0 aromatic rings. The third kappa shape index (κ3) is 36.3. The van der Waals surface area contributed by atoms with Gasteiger partial charge in [-0.2, -0.15) is 0 Å². The molecule has 70 heavy (non-hydrogen) atoms. The van der Waals surface area contributed by atoms with Crippen molar-refractivity contribution in [2.45, 2.75) is 319 Å². The summed E-state index contributed by atoms with van der Waals surface area (Å²) < 4.78 is 11.1. The minimum absolute atomic E-state index is 0.246. The summed E-state index contributed by atoms with van der Waals surface area (Å²) >= 11 is 0. The highest BCUT2D eigenvalue weighted by molar-refractivity contribution is 5.80. The van der Waals surface area contributed by atoms with Crippen LogP contribution in [0.1, 0.15) is 264 Å². The van der Waals surface area contributed by atoms with E-state index in [1.54, 1.807) is 0 Å². The summed E-state index contributed by atoms with van der Waals surface area (Å²) in [6, 6.07) is -1.19. The maximum absolute atomic E-state index is 13.2. The van der Waals surface area contributed by atoms with Crippen molar-refractivity contribution in [1.29, 1.82) is 0 Å². The fraction of sp³-hybridized carbons (Fsp3) is 0.881. The Bertz CT molecular complexity index is 1230. The van der Waals surface area contributed by atoms with Gasteiger partial charge in [0.25, 0.3) is 0 Å². The average molecular weight is 995 g/mol. The largest absolute Gasteiger partial charge is 0.394 e. The molecule has 1 saturated heterocycles. The zero-order valence-corrected chi connectivity index (χ0v) is 45.0. The molecule has 412 valence electrons. The molecule has 1 fully saturated rings. The number of rotatable bonds is 50. The molecular formula is C59H111NO10. The second-order valence-electron chi connectivity index (χ2n) is 20.7. The van der Waals surface area contributed by atoms with E-state index in [-0.39, 0.29) is 12.8 Å². The van der Waals surface area contributed by atoms with Crippen LogP contribution in [-0.2, 0) is 14.3 Å². The number of unbranched alkanes of at least 4 members (excludes halogenated alkanes) is 32. The van der Waals surface area contributed by atoms with Gasteiger partial charge in [0.15, 0.2) is 6.29 Å². The van der Waals surface area contributed by atoms with Crippen molar-refractivity contribution in [1.82, 2.24) is 5.32 Å². The van der Waals surface area contributed by atoms with E-state index < -0.39 is 74.2 Å². The molecule has 0 aliphatic carbocycles. The molecule has 1 aliphatic heterocycles. The third-order valence-corrected chi connectivity index (χ3v) is 14.1. The van der Waals surface area contributed by atoms with E-state index in [0.29, 0.717) is 19.3 Å². The number of aliphatic hydroxyl groups excluding tert-OH is 7. The van der Waals surface area contributed by atoms with Crippen LogP contribution in [0.15, 0.2) is 36.5 Å². The van der Waals surface area contributed by atoms with Gasteiger partial charge in [0, 0.05) is 0 Å². The maximum atomic E-state index is 13.2. The van der Waals surface area contributed by atoms with E-state index in [0.717, 1.165) is 38.5 Å². The fourth-order valence-electron chi connectivity index (χ4n) is 9.34. The lowest BCUT2D eigenvalue weighted by molar-refractivity contribution is -0.303. The van der Waals surface area contributed by atoms with E-state index in [1.807, 2.05) is 0 Å². The standard InChI is InChI=1S/C59H111NO10/c1-3-5-7-9-11-13-15-17-18-19-20-21-22-23-24-25-26-27-28-29-30-31-32-33-35-37-39-41-43-45-47-52(63)58(68)60-50(49-69-59-57(67)56(66)55(65)53(48-61)70-59)54(64)51(62)46-44-42-40-38-36-34-16-14-12-10-8-6-4-2/h14,16,23-24,38,40,50-57,59,61-67H,3-13,15,17-22,25-37,39,41-49H2,1-2H3,(H,60,68)/b16-14+,24-23-,40-38+. The van der Waals surface area contributed by atoms with E-state index >= 15 is 0 Å². The predicted octanol–water partition coefficient (Wildman–Crippen LogP) is 12.3. The minimum atomic E-state index is -1.67. The van der Waals surface area contributed by atoms with Crippen LogP contribution in [0.25, 0.3) is 0 Å². The Morgan fingerprint density at radius 2 is 0.857 bits per heavy atom. The predicted molar refractivity (Wildman–Crippen MR) is 289 cm³/mol. The summed E-state index contributed by atoms with van der Waals surface area (Å²) in [6.07, 6.45) is 47.9. The van der Waals surface area contributed by atoms with Gasteiger partial charge >= 0.3 is 0 Å². The molecule has 9 atom stereocenters. The summed E-state index contributed by atoms with van der Waals surface area (Å²) in [6.45, 7) is 3.42. The third-order valence-electron chi connectivity index (χ3n) is 14.1. The van der Waals surface area contributed by atoms with Crippen LogP contribution < -0.4 is 5.32 Å². The van der Waals surface area contributed by atoms with Crippen molar-refractivity contribution in [3.8, 4) is 0 Å². The lowest BCUT2D eigenvalue weighted by Gasteiger charge is -2.40. The number of nitrogens with one attached hydrogen (secondary N) is 1. The number of allylic oxidation sites excluding steroid dienone is 6.